The highest BCUT2D eigenvalue weighted by Crippen LogP contribution is 2.46. The summed E-state index contributed by atoms with van der Waals surface area (Å²) >= 11 is 3.51. The number of methoxy groups -OCH3 is 1. The van der Waals surface area contributed by atoms with Crippen molar-refractivity contribution < 1.29 is 4.74 Å². The summed E-state index contributed by atoms with van der Waals surface area (Å²) in [6.07, 6.45) is 6.05. The minimum absolute atomic E-state index is 0.370. The Morgan fingerprint density at radius 1 is 1.19 bits per heavy atom. The smallest absolute Gasteiger partial charge is 0.162 e. The van der Waals surface area contributed by atoms with Crippen molar-refractivity contribution in [2.45, 2.75) is 64.9 Å². The van der Waals surface area contributed by atoms with Gasteiger partial charge in [-0.15, -0.1) is 0 Å². The van der Waals surface area contributed by atoms with Crippen molar-refractivity contribution in [3.63, 3.8) is 0 Å². The Kier molecular flexibility index (Phi) is 4.93. The molecule has 2 rings (SSSR count). The van der Waals surface area contributed by atoms with E-state index in [1.165, 1.54) is 0 Å². The van der Waals surface area contributed by atoms with Crippen LogP contribution in [0.5, 0.6) is 0 Å². The lowest BCUT2D eigenvalue weighted by Gasteiger charge is -2.41. The molecule has 2 N–H and O–H groups in total. The number of ether oxygens (including phenoxy) is 1. The Hall–Kier alpha value is -0.680. The third kappa shape index (κ3) is 3.39. The summed E-state index contributed by atoms with van der Waals surface area (Å²) in [4.78, 5) is 9.30. The Morgan fingerprint density at radius 3 is 2.33 bits per heavy atom. The number of nitrogens with two attached hydrogens (primary N) is 1. The summed E-state index contributed by atoms with van der Waals surface area (Å²) in [6.45, 7) is 6.76. The Labute approximate surface area is 136 Å². The van der Waals surface area contributed by atoms with Crippen molar-refractivity contribution in [3.8, 4) is 0 Å². The van der Waals surface area contributed by atoms with E-state index in [1.54, 1.807) is 7.11 Å². The molecule has 5 heteroatoms. The van der Waals surface area contributed by atoms with E-state index in [0.717, 1.165) is 54.5 Å². The largest absolute Gasteiger partial charge is 0.383 e. The molecule has 0 atom stereocenters. The molecule has 0 radical (unpaired) electrons. The van der Waals surface area contributed by atoms with Crippen molar-refractivity contribution in [1.82, 2.24) is 9.97 Å². The van der Waals surface area contributed by atoms with Crippen LogP contribution in [0, 0.1) is 5.41 Å². The number of nitrogens with zero attached hydrogens (tertiary/aromatic N) is 2. The van der Waals surface area contributed by atoms with Crippen molar-refractivity contribution >= 4 is 21.7 Å². The summed E-state index contributed by atoms with van der Waals surface area (Å²) in [5, 5.41) is 0. The zero-order valence-electron chi connectivity index (χ0n) is 13.5. The fourth-order valence-corrected chi connectivity index (χ4v) is 3.34. The molecule has 0 saturated heterocycles. The van der Waals surface area contributed by atoms with Crippen molar-refractivity contribution in [3.05, 3.63) is 16.0 Å². The van der Waals surface area contributed by atoms with Gasteiger partial charge in [-0.1, -0.05) is 27.2 Å². The topological polar surface area (TPSA) is 61.0 Å². The molecular formula is C16H26BrN3O. The van der Waals surface area contributed by atoms with Gasteiger partial charge in [0.15, 0.2) is 5.82 Å². The number of hydrogen-bond donors (Lipinski definition) is 1. The van der Waals surface area contributed by atoms with Crippen LogP contribution in [0.3, 0.4) is 0 Å². The summed E-state index contributed by atoms with van der Waals surface area (Å²) in [6, 6.07) is 0. The number of hydrogen-bond acceptors (Lipinski definition) is 4. The average Bonchev–Trinajstić information content (AvgIpc) is 2.44. The average molecular weight is 356 g/mol. The highest BCUT2D eigenvalue weighted by molar-refractivity contribution is 9.10. The van der Waals surface area contributed by atoms with Crippen LogP contribution in [0.1, 0.15) is 64.4 Å². The second kappa shape index (κ2) is 6.21. The third-order valence-corrected chi connectivity index (χ3v) is 5.51. The fraction of sp³-hybridized carbons (Fsp3) is 0.750. The van der Waals surface area contributed by atoms with Crippen LogP contribution in [-0.4, -0.2) is 17.1 Å². The maximum Gasteiger partial charge on any atom is 0.162 e. The zero-order chi connectivity index (χ0) is 15.7. The first-order chi connectivity index (χ1) is 9.83. The first-order valence-corrected chi connectivity index (χ1v) is 8.50. The quantitative estimate of drug-likeness (QED) is 0.878. The zero-order valence-corrected chi connectivity index (χ0v) is 15.1. The first kappa shape index (κ1) is 16.7. The summed E-state index contributed by atoms with van der Waals surface area (Å²) in [5.41, 5.74) is 7.05. The maximum absolute atomic E-state index is 6.07. The lowest BCUT2D eigenvalue weighted by atomic mass is 9.70. The van der Waals surface area contributed by atoms with Gasteiger partial charge < -0.3 is 10.5 Å². The van der Waals surface area contributed by atoms with Gasteiger partial charge in [0.25, 0.3) is 0 Å². The van der Waals surface area contributed by atoms with E-state index in [2.05, 4.69) is 41.7 Å². The molecule has 1 aromatic rings. The Balaban J connectivity index is 2.39. The highest BCUT2D eigenvalue weighted by Gasteiger charge is 2.42. The molecule has 1 aliphatic carbocycles. The second-order valence-corrected chi connectivity index (χ2v) is 7.60. The molecule has 1 aromatic heterocycles. The molecule has 0 unspecified atom stereocenters. The van der Waals surface area contributed by atoms with Gasteiger partial charge in [-0.2, -0.15) is 0 Å². The van der Waals surface area contributed by atoms with Crippen LogP contribution in [0.15, 0.2) is 4.47 Å². The van der Waals surface area contributed by atoms with Crippen LogP contribution in [-0.2, 0) is 16.8 Å². The number of nitrogen functional groups attached to an aromatic ring is 1. The molecule has 0 aliphatic heterocycles. The molecule has 0 aromatic carbocycles. The van der Waals surface area contributed by atoms with E-state index in [-0.39, 0.29) is 5.60 Å². The number of halogens is 1. The minimum Gasteiger partial charge on any atom is -0.383 e. The molecular weight excluding hydrogens is 330 g/mol. The monoisotopic (exact) mass is 355 g/mol. The SMILES string of the molecule is CCCc1nc(C2(OC)CCC(C)(C)CC2)nc(N)c1Br. The predicted octanol–water partition coefficient (Wildman–Crippen LogP) is 4.22. The Morgan fingerprint density at radius 2 is 1.81 bits per heavy atom. The van der Waals surface area contributed by atoms with Crippen LogP contribution >= 0.6 is 15.9 Å². The number of aryl methyl sites for hydroxylation is 1. The third-order valence-electron chi connectivity index (χ3n) is 4.64. The number of anilines is 1. The molecule has 0 bridgehead atoms. The van der Waals surface area contributed by atoms with Crippen molar-refractivity contribution in [2.24, 2.45) is 5.41 Å². The number of rotatable bonds is 4. The summed E-state index contributed by atoms with van der Waals surface area (Å²) in [5.74, 6) is 1.27. The van der Waals surface area contributed by atoms with Crippen LogP contribution in [0.4, 0.5) is 5.82 Å². The molecule has 0 spiro atoms. The highest BCUT2D eigenvalue weighted by atomic mass is 79.9. The van der Waals surface area contributed by atoms with Crippen molar-refractivity contribution in [2.75, 3.05) is 12.8 Å². The molecule has 118 valence electrons. The lowest BCUT2D eigenvalue weighted by molar-refractivity contribution is -0.0729. The van der Waals surface area contributed by atoms with Gasteiger partial charge in [0.1, 0.15) is 11.4 Å². The van der Waals surface area contributed by atoms with E-state index in [4.69, 9.17) is 15.5 Å². The molecule has 1 aliphatic rings. The number of aromatic nitrogens is 2. The molecule has 21 heavy (non-hydrogen) atoms. The van der Waals surface area contributed by atoms with E-state index < -0.39 is 0 Å². The molecule has 1 saturated carbocycles. The van der Waals surface area contributed by atoms with Gasteiger partial charge in [0, 0.05) is 7.11 Å². The first-order valence-electron chi connectivity index (χ1n) is 7.71. The van der Waals surface area contributed by atoms with Gasteiger partial charge >= 0.3 is 0 Å². The second-order valence-electron chi connectivity index (χ2n) is 6.81. The van der Waals surface area contributed by atoms with Crippen LogP contribution in [0.2, 0.25) is 0 Å². The molecule has 0 amide bonds. The van der Waals surface area contributed by atoms with Crippen molar-refractivity contribution in [1.29, 1.82) is 0 Å². The van der Waals surface area contributed by atoms with E-state index in [0.29, 0.717) is 11.2 Å². The predicted molar refractivity (Wildman–Crippen MR) is 89.1 cm³/mol. The van der Waals surface area contributed by atoms with Gasteiger partial charge in [0.05, 0.1) is 10.2 Å². The molecule has 1 fully saturated rings. The van der Waals surface area contributed by atoms with Gasteiger partial charge in [-0.25, -0.2) is 9.97 Å². The maximum atomic E-state index is 6.07. The minimum atomic E-state index is -0.382. The normalized spacial score (nSPS) is 20.4. The fourth-order valence-electron chi connectivity index (χ4n) is 2.97. The summed E-state index contributed by atoms with van der Waals surface area (Å²) < 4.78 is 6.72. The lowest BCUT2D eigenvalue weighted by Crippen LogP contribution is -2.38. The van der Waals surface area contributed by atoms with Gasteiger partial charge in [0.2, 0.25) is 0 Å². The molecule has 1 heterocycles. The van der Waals surface area contributed by atoms with E-state index in [1.807, 2.05) is 0 Å². The van der Waals surface area contributed by atoms with Gasteiger partial charge in [-0.3, -0.25) is 0 Å². The standard InChI is InChI=1S/C16H26BrN3O/c1-5-6-11-12(17)13(18)20-14(19-11)16(21-4)9-7-15(2,3)8-10-16/h5-10H2,1-4H3,(H2,18,19,20). The molecule has 4 nitrogen and oxygen atoms in total. The summed E-state index contributed by atoms with van der Waals surface area (Å²) in [7, 11) is 1.76. The van der Waals surface area contributed by atoms with Crippen LogP contribution in [0.25, 0.3) is 0 Å². The van der Waals surface area contributed by atoms with E-state index in [9.17, 15) is 0 Å². The van der Waals surface area contributed by atoms with Crippen LogP contribution < -0.4 is 5.73 Å². The Bertz CT molecular complexity index is 506. The van der Waals surface area contributed by atoms with Gasteiger partial charge in [-0.05, 0) is 53.4 Å². The van der Waals surface area contributed by atoms with E-state index >= 15 is 0 Å².